The van der Waals surface area contributed by atoms with Gasteiger partial charge in [0, 0.05) is 11.1 Å². The Balaban J connectivity index is 1.20. The summed E-state index contributed by atoms with van der Waals surface area (Å²) in [6, 6.07) is 31.2. The van der Waals surface area contributed by atoms with Gasteiger partial charge in [-0.2, -0.15) is 10.5 Å². The molecule has 5 rings (SSSR count). The van der Waals surface area contributed by atoms with Gasteiger partial charge in [-0.15, -0.1) is 11.3 Å². The van der Waals surface area contributed by atoms with E-state index in [4.69, 9.17) is 18.9 Å². The molecule has 4 aromatic carbocycles. The van der Waals surface area contributed by atoms with Gasteiger partial charge in [-0.05, 0) is 121 Å². The second kappa shape index (κ2) is 19.3. The molecule has 0 radical (unpaired) electrons. The maximum Gasteiger partial charge on any atom is 0.343 e. The summed E-state index contributed by atoms with van der Waals surface area (Å²) in [5, 5.41) is 19.7. The van der Waals surface area contributed by atoms with Crippen molar-refractivity contribution < 1.29 is 28.5 Å². The number of thiophene rings is 1. The Bertz CT molecular complexity index is 2160. The number of carbonyl (C=O) groups is 2. The number of carbonyl (C=O) groups excluding carboxylic acids is 2. The normalized spacial score (nSPS) is 11.2. The molecule has 0 saturated heterocycles. The molecule has 0 amide bonds. The van der Waals surface area contributed by atoms with Gasteiger partial charge in [0.1, 0.15) is 35.1 Å². The fourth-order valence-corrected chi connectivity index (χ4v) is 5.62. The van der Waals surface area contributed by atoms with Crippen molar-refractivity contribution in [3.63, 3.8) is 0 Å². The number of rotatable bonds is 12. The lowest BCUT2D eigenvalue weighted by molar-refractivity contribution is 0.0725. The summed E-state index contributed by atoms with van der Waals surface area (Å²) in [5.74, 6) is 14.0. The smallest absolute Gasteiger partial charge is 0.343 e. The van der Waals surface area contributed by atoms with Crippen molar-refractivity contribution in [2.75, 3.05) is 13.2 Å². The third kappa shape index (κ3) is 11.1. The van der Waals surface area contributed by atoms with Crippen LogP contribution in [0.5, 0.6) is 23.0 Å². The summed E-state index contributed by atoms with van der Waals surface area (Å²) >= 11 is 1.16. The van der Waals surface area contributed by atoms with Crippen LogP contribution in [0.4, 0.5) is 0 Å². The predicted octanol–water partition coefficient (Wildman–Crippen LogP) is 9.58. The Morgan fingerprint density at radius 3 is 1.22 bits per heavy atom. The van der Waals surface area contributed by atoms with E-state index in [1.54, 1.807) is 97.1 Å². The van der Waals surface area contributed by atoms with Crippen LogP contribution in [0, 0.1) is 58.2 Å². The van der Waals surface area contributed by atoms with Crippen LogP contribution in [-0.4, -0.2) is 25.2 Å². The van der Waals surface area contributed by atoms with Gasteiger partial charge in [-0.1, -0.05) is 52.4 Å². The van der Waals surface area contributed by atoms with Crippen LogP contribution in [-0.2, 0) is 0 Å². The van der Waals surface area contributed by atoms with Crippen LogP contribution in [0.15, 0.2) is 97.1 Å². The Labute approximate surface area is 325 Å². The molecule has 0 saturated carbocycles. The molecule has 0 bridgehead atoms. The molecule has 0 fully saturated rings. The highest BCUT2D eigenvalue weighted by atomic mass is 32.1. The number of hydrogen-bond donors (Lipinski definition) is 0. The minimum absolute atomic E-state index is 0.156. The highest BCUT2D eigenvalue weighted by Gasteiger charge is 2.16. The number of benzene rings is 4. The second-order valence-corrected chi connectivity index (χ2v) is 13.8. The average Bonchev–Trinajstić information content (AvgIpc) is 3.57. The molecule has 2 unspecified atom stereocenters. The molecular formula is C46H38N2O6S. The molecule has 8 nitrogen and oxygen atoms in total. The summed E-state index contributed by atoms with van der Waals surface area (Å²) in [6.07, 6.45) is 2.05. The van der Waals surface area contributed by atoms with E-state index in [9.17, 15) is 20.1 Å². The Kier molecular flexibility index (Phi) is 13.9. The molecule has 2 atom stereocenters. The van der Waals surface area contributed by atoms with Gasteiger partial charge in [0.05, 0.1) is 45.2 Å². The maximum atomic E-state index is 12.7. The Morgan fingerprint density at radius 1 is 0.545 bits per heavy atom. The van der Waals surface area contributed by atoms with E-state index in [2.05, 4.69) is 63.5 Å². The van der Waals surface area contributed by atoms with Crippen LogP contribution in [0.2, 0.25) is 0 Å². The zero-order valence-corrected chi connectivity index (χ0v) is 31.8. The van der Waals surface area contributed by atoms with E-state index < -0.39 is 11.9 Å². The first kappa shape index (κ1) is 39.4. The van der Waals surface area contributed by atoms with Crippen molar-refractivity contribution in [1.29, 1.82) is 10.5 Å². The summed E-state index contributed by atoms with van der Waals surface area (Å²) < 4.78 is 22.6. The quantitative estimate of drug-likeness (QED) is 0.0704. The number of ether oxygens (including phenoxy) is 4. The molecule has 274 valence electrons. The SMILES string of the molecule is CCC(C)COc1ccc(C(=O)Oc2ccc(C#Cc3sc(C#Cc4ccc(OC(=O)c5ccc(OCC(C)CC)cc5)cc4)c(C#N)c3C#N)cc2)cc1. The summed E-state index contributed by atoms with van der Waals surface area (Å²) in [4.78, 5) is 26.2. The van der Waals surface area contributed by atoms with Crippen LogP contribution >= 0.6 is 11.3 Å². The molecule has 0 aliphatic heterocycles. The first-order valence-electron chi connectivity index (χ1n) is 17.8. The van der Waals surface area contributed by atoms with Gasteiger partial charge in [-0.3, -0.25) is 0 Å². The molecular weight excluding hydrogens is 709 g/mol. The van der Waals surface area contributed by atoms with Gasteiger partial charge >= 0.3 is 11.9 Å². The van der Waals surface area contributed by atoms with Crippen molar-refractivity contribution >= 4 is 23.3 Å². The zero-order chi connectivity index (χ0) is 39.2. The van der Waals surface area contributed by atoms with Crippen LogP contribution < -0.4 is 18.9 Å². The van der Waals surface area contributed by atoms with Crippen LogP contribution in [0.25, 0.3) is 0 Å². The second-order valence-electron chi connectivity index (χ2n) is 12.8. The van der Waals surface area contributed by atoms with Gasteiger partial charge in [0.25, 0.3) is 0 Å². The van der Waals surface area contributed by atoms with Crippen molar-refractivity contribution in [3.05, 3.63) is 140 Å². The van der Waals surface area contributed by atoms with Gasteiger partial charge < -0.3 is 18.9 Å². The van der Waals surface area contributed by atoms with Crippen molar-refractivity contribution in [2.24, 2.45) is 11.8 Å². The van der Waals surface area contributed by atoms with E-state index in [1.807, 2.05) is 0 Å². The van der Waals surface area contributed by atoms with E-state index in [1.165, 1.54) is 0 Å². The lowest BCUT2D eigenvalue weighted by atomic mass is 10.1. The highest BCUT2D eigenvalue weighted by Crippen LogP contribution is 2.27. The number of hydrogen-bond acceptors (Lipinski definition) is 9. The minimum atomic E-state index is -0.498. The van der Waals surface area contributed by atoms with Crippen molar-refractivity contribution in [1.82, 2.24) is 0 Å². The molecule has 1 heterocycles. The Morgan fingerprint density at radius 2 is 0.891 bits per heavy atom. The van der Waals surface area contributed by atoms with E-state index >= 15 is 0 Å². The standard InChI is InChI=1S/C46H38N2O6S/c1-5-31(3)29-51-37-21-13-35(14-22-37)45(49)53-39-17-7-33(8-18-39)11-25-43-41(27-47)42(28-48)44(55-43)26-12-34-9-19-40(20-10-34)54-46(50)36-15-23-38(24-16-36)52-30-32(4)6-2/h7-10,13-24,31-32H,5-6,29-30H2,1-4H3. The number of nitrogens with zero attached hydrogens (tertiary/aromatic N) is 2. The topological polar surface area (TPSA) is 119 Å². The fourth-order valence-electron chi connectivity index (χ4n) is 4.71. The van der Waals surface area contributed by atoms with Gasteiger partial charge in [0.15, 0.2) is 0 Å². The van der Waals surface area contributed by atoms with E-state index in [-0.39, 0.29) is 11.1 Å². The van der Waals surface area contributed by atoms with Crippen molar-refractivity contribution in [2.45, 2.75) is 40.5 Å². The molecule has 0 aliphatic carbocycles. The Hall–Kier alpha value is -6.78. The fraction of sp³-hybridized carbons (Fsp3) is 0.217. The number of nitriles is 2. The van der Waals surface area contributed by atoms with Gasteiger partial charge in [0.2, 0.25) is 0 Å². The summed E-state index contributed by atoms with van der Waals surface area (Å²) in [5.41, 5.74) is 2.34. The summed E-state index contributed by atoms with van der Waals surface area (Å²) in [7, 11) is 0. The molecule has 0 N–H and O–H groups in total. The first-order chi connectivity index (χ1) is 26.7. The van der Waals surface area contributed by atoms with E-state index in [0.29, 0.717) is 80.1 Å². The highest BCUT2D eigenvalue weighted by molar-refractivity contribution is 7.13. The lowest BCUT2D eigenvalue weighted by Crippen LogP contribution is -2.09. The number of esters is 2. The average molecular weight is 747 g/mol. The maximum absolute atomic E-state index is 12.7. The first-order valence-corrected chi connectivity index (χ1v) is 18.6. The van der Waals surface area contributed by atoms with Crippen molar-refractivity contribution in [3.8, 4) is 58.8 Å². The molecule has 55 heavy (non-hydrogen) atoms. The van der Waals surface area contributed by atoms with Gasteiger partial charge in [-0.25, -0.2) is 9.59 Å². The zero-order valence-electron chi connectivity index (χ0n) is 31.0. The van der Waals surface area contributed by atoms with Crippen LogP contribution in [0.1, 0.15) is 93.3 Å². The molecule has 0 aliphatic rings. The third-order valence-corrected chi connectivity index (χ3v) is 9.57. The van der Waals surface area contributed by atoms with Crippen LogP contribution in [0.3, 0.4) is 0 Å². The third-order valence-electron chi connectivity index (χ3n) is 8.55. The molecule has 9 heteroatoms. The largest absolute Gasteiger partial charge is 0.493 e. The molecule has 1 aromatic heterocycles. The summed E-state index contributed by atoms with van der Waals surface area (Å²) in [6.45, 7) is 9.67. The monoisotopic (exact) mass is 746 g/mol. The lowest BCUT2D eigenvalue weighted by Gasteiger charge is -2.11. The van der Waals surface area contributed by atoms with E-state index in [0.717, 1.165) is 24.2 Å². The molecule has 5 aromatic rings. The molecule has 0 spiro atoms. The predicted molar refractivity (Wildman–Crippen MR) is 211 cm³/mol. The minimum Gasteiger partial charge on any atom is -0.493 e.